The van der Waals surface area contributed by atoms with Crippen LogP contribution in [0.3, 0.4) is 0 Å². The van der Waals surface area contributed by atoms with E-state index in [1.54, 1.807) is 31.2 Å². The highest BCUT2D eigenvalue weighted by atomic mass is 35.5. The second-order valence-corrected chi connectivity index (χ2v) is 5.48. The van der Waals surface area contributed by atoms with Gasteiger partial charge in [-0.3, -0.25) is 4.79 Å². The molecule has 0 aliphatic carbocycles. The van der Waals surface area contributed by atoms with Gasteiger partial charge in [-0.25, -0.2) is 0 Å². The van der Waals surface area contributed by atoms with Gasteiger partial charge < -0.3 is 19.6 Å². The van der Waals surface area contributed by atoms with E-state index < -0.39 is 6.10 Å². The number of methoxy groups -OCH3 is 2. The standard InChI is InChI=1S/C18H19ClN2O4/c1-12(18(22)21-14-7-5-4-6-8-14)25-20-11-13-9-15(19)17(24-3)16(10-13)23-2/h4-12H,1-3H3,(H,21,22)/b20-11-/t12-/m1/s1. The number of rotatable bonds is 7. The number of para-hydroxylation sites is 1. The summed E-state index contributed by atoms with van der Waals surface area (Å²) in [5.41, 5.74) is 1.34. The predicted molar refractivity (Wildman–Crippen MR) is 97.8 cm³/mol. The molecule has 0 saturated heterocycles. The lowest BCUT2D eigenvalue weighted by Gasteiger charge is -2.11. The monoisotopic (exact) mass is 362 g/mol. The van der Waals surface area contributed by atoms with Crippen LogP contribution in [0.1, 0.15) is 12.5 Å². The lowest BCUT2D eigenvalue weighted by atomic mass is 10.2. The van der Waals surface area contributed by atoms with Crippen LogP contribution in [-0.2, 0) is 9.63 Å². The van der Waals surface area contributed by atoms with Crippen molar-refractivity contribution in [3.05, 3.63) is 53.1 Å². The van der Waals surface area contributed by atoms with Gasteiger partial charge in [-0.05, 0) is 31.2 Å². The van der Waals surface area contributed by atoms with Crippen molar-refractivity contribution >= 4 is 29.4 Å². The Morgan fingerprint density at radius 3 is 2.56 bits per heavy atom. The quantitative estimate of drug-likeness (QED) is 0.601. The van der Waals surface area contributed by atoms with Gasteiger partial charge in [0, 0.05) is 11.3 Å². The van der Waals surface area contributed by atoms with Crippen LogP contribution in [0.5, 0.6) is 11.5 Å². The molecule has 2 rings (SSSR count). The largest absolute Gasteiger partial charge is 0.493 e. The van der Waals surface area contributed by atoms with Crippen molar-refractivity contribution in [2.24, 2.45) is 5.16 Å². The number of nitrogens with zero attached hydrogens (tertiary/aromatic N) is 1. The van der Waals surface area contributed by atoms with Crippen LogP contribution in [0.25, 0.3) is 0 Å². The average molecular weight is 363 g/mol. The number of oxime groups is 1. The van der Waals surface area contributed by atoms with Gasteiger partial charge in [0.05, 0.1) is 25.5 Å². The van der Waals surface area contributed by atoms with Gasteiger partial charge in [0.15, 0.2) is 11.5 Å². The Hall–Kier alpha value is -2.73. The molecule has 0 bridgehead atoms. The van der Waals surface area contributed by atoms with Gasteiger partial charge in [0.25, 0.3) is 5.91 Å². The number of carbonyl (C=O) groups excluding carboxylic acids is 1. The van der Waals surface area contributed by atoms with Crippen molar-refractivity contribution in [2.75, 3.05) is 19.5 Å². The minimum Gasteiger partial charge on any atom is -0.493 e. The van der Waals surface area contributed by atoms with Crippen LogP contribution in [0.4, 0.5) is 5.69 Å². The Labute approximate surface area is 151 Å². The van der Waals surface area contributed by atoms with Gasteiger partial charge in [-0.1, -0.05) is 35.0 Å². The minimum absolute atomic E-state index is 0.298. The summed E-state index contributed by atoms with van der Waals surface area (Å²) in [6, 6.07) is 12.5. The molecular formula is C18H19ClN2O4. The molecule has 2 aromatic carbocycles. The Morgan fingerprint density at radius 2 is 1.92 bits per heavy atom. The number of hydrogen-bond acceptors (Lipinski definition) is 5. The molecule has 0 aliphatic heterocycles. The molecule has 0 heterocycles. The summed E-state index contributed by atoms with van der Waals surface area (Å²) in [7, 11) is 3.02. The normalized spacial score (nSPS) is 11.8. The summed E-state index contributed by atoms with van der Waals surface area (Å²) in [5.74, 6) is 0.623. The number of anilines is 1. The molecule has 25 heavy (non-hydrogen) atoms. The molecule has 0 unspecified atom stereocenters. The third kappa shape index (κ3) is 5.12. The van der Waals surface area contributed by atoms with Crippen molar-refractivity contribution in [1.29, 1.82) is 0 Å². The van der Waals surface area contributed by atoms with Crippen LogP contribution in [0.2, 0.25) is 5.02 Å². The maximum Gasteiger partial charge on any atom is 0.267 e. The topological polar surface area (TPSA) is 69.2 Å². The minimum atomic E-state index is -0.757. The predicted octanol–water partition coefficient (Wildman–Crippen LogP) is 3.73. The molecule has 0 saturated carbocycles. The van der Waals surface area contributed by atoms with E-state index in [1.807, 2.05) is 18.2 Å². The van der Waals surface area contributed by atoms with E-state index in [4.69, 9.17) is 25.9 Å². The molecule has 0 radical (unpaired) electrons. The number of hydrogen-bond donors (Lipinski definition) is 1. The molecule has 7 heteroatoms. The van der Waals surface area contributed by atoms with Crippen molar-refractivity contribution in [1.82, 2.24) is 0 Å². The molecule has 0 fully saturated rings. The van der Waals surface area contributed by atoms with E-state index in [1.165, 1.54) is 20.4 Å². The highest BCUT2D eigenvalue weighted by Crippen LogP contribution is 2.35. The first kappa shape index (κ1) is 18.6. The summed E-state index contributed by atoms with van der Waals surface area (Å²) in [6.45, 7) is 1.61. The average Bonchev–Trinajstić information content (AvgIpc) is 2.61. The van der Waals surface area contributed by atoms with Crippen LogP contribution < -0.4 is 14.8 Å². The molecule has 1 amide bonds. The fourth-order valence-corrected chi connectivity index (χ4v) is 2.30. The first-order chi connectivity index (χ1) is 12.0. The third-order valence-corrected chi connectivity index (χ3v) is 3.57. The second kappa shape index (κ2) is 8.94. The Balaban J connectivity index is 1.98. The van der Waals surface area contributed by atoms with Gasteiger partial charge in [-0.15, -0.1) is 0 Å². The zero-order valence-electron chi connectivity index (χ0n) is 14.2. The van der Waals surface area contributed by atoms with Gasteiger partial charge in [-0.2, -0.15) is 0 Å². The van der Waals surface area contributed by atoms with E-state index in [9.17, 15) is 4.79 Å². The van der Waals surface area contributed by atoms with Crippen LogP contribution >= 0.6 is 11.6 Å². The summed E-state index contributed by atoms with van der Waals surface area (Å²) in [5, 5.41) is 6.96. The number of carbonyl (C=O) groups is 1. The van der Waals surface area contributed by atoms with E-state index in [0.717, 1.165) is 0 Å². The lowest BCUT2D eigenvalue weighted by Crippen LogP contribution is -2.26. The van der Waals surface area contributed by atoms with Gasteiger partial charge in [0.1, 0.15) is 0 Å². The van der Waals surface area contributed by atoms with E-state index in [-0.39, 0.29) is 5.91 Å². The zero-order valence-corrected chi connectivity index (χ0v) is 14.9. The first-order valence-electron chi connectivity index (χ1n) is 7.51. The maximum atomic E-state index is 12.0. The van der Waals surface area contributed by atoms with Crippen molar-refractivity contribution < 1.29 is 19.1 Å². The molecule has 1 atom stereocenters. The highest BCUT2D eigenvalue weighted by Gasteiger charge is 2.14. The SMILES string of the molecule is COc1cc(/C=N\O[C@H](C)C(=O)Nc2ccccc2)cc(Cl)c1OC. The van der Waals surface area contributed by atoms with Crippen molar-refractivity contribution in [2.45, 2.75) is 13.0 Å². The smallest absolute Gasteiger partial charge is 0.267 e. The zero-order chi connectivity index (χ0) is 18.2. The molecule has 1 N–H and O–H groups in total. The number of benzene rings is 2. The van der Waals surface area contributed by atoms with E-state index in [2.05, 4.69) is 10.5 Å². The fourth-order valence-electron chi connectivity index (χ4n) is 2.01. The van der Waals surface area contributed by atoms with E-state index >= 15 is 0 Å². The summed E-state index contributed by atoms with van der Waals surface area (Å²) in [6.07, 6.45) is 0.687. The van der Waals surface area contributed by atoms with Crippen LogP contribution in [-0.4, -0.2) is 32.4 Å². The first-order valence-corrected chi connectivity index (χ1v) is 7.89. The van der Waals surface area contributed by atoms with Crippen molar-refractivity contribution in [3.8, 4) is 11.5 Å². The van der Waals surface area contributed by atoms with Crippen molar-refractivity contribution in [3.63, 3.8) is 0 Å². The van der Waals surface area contributed by atoms with Gasteiger partial charge >= 0.3 is 0 Å². The fraction of sp³-hybridized carbons (Fsp3) is 0.222. The molecule has 0 aromatic heterocycles. The number of amides is 1. The molecule has 132 valence electrons. The number of halogens is 1. The van der Waals surface area contributed by atoms with Crippen LogP contribution in [0.15, 0.2) is 47.6 Å². The van der Waals surface area contributed by atoms with E-state index in [0.29, 0.717) is 27.8 Å². The lowest BCUT2D eigenvalue weighted by molar-refractivity contribution is -0.126. The molecular weight excluding hydrogens is 344 g/mol. The third-order valence-electron chi connectivity index (χ3n) is 3.29. The number of nitrogens with one attached hydrogen (secondary N) is 1. The van der Waals surface area contributed by atoms with Gasteiger partial charge in [0.2, 0.25) is 6.10 Å². The molecule has 6 nitrogen and oxygen atoms in total. The molecule has 0 aliphatic rings. The number of ether oxygens (including phenoxy) is 2. The molecule has 0 spiro atoms. The Kier molecular flexibility index (Phi) is 6.65. The maximum absolute atomic E-state index is 12.0. The Bertz CT molecular complexity index is 750. The summed E-state index contributed by atoms with van der Waals surface area (Å²) >= 11 is 6.12. The second-order valence-electron chi connectivity index (χ2n) is 5.08. The highest BCUT2D eigenvalue weighted by molar-refractivity contribution is 6.32. The summed E-state index contributed by atoms with van der Waals surface area (Å²) in [4.78, 5) is 17.2. The molecule has 2 aromatic rings. The Morgan fingerprint density at radius 1 is 1.20 bits per heavy atom. The van der Waals surface area contributed by atoms with Crippen LogP contribution in [0, 0.1) is 0 Å². The summed E-state index contributed by atoms with van der Waals surface area (Å²) < 4.78 is 10.4.